The van der Waals surface area contributed by atoms with Gasteiger partial charge >= 0.3 is 0 Å². The van der Waals surface area contributed by atoms with Crippen molar-refractivity contribution in [2.45, 2.75) is 71.1 Å². The third-order valence-electron chi connectivity index (χ3n) is 13.4. The van der Waals surface area contributed by atoms with Gasteiger partial charge in [-0.1, -0.05) is 137 Å². The largest absolute Gasteiger partial charge is 0.310 e. The van der Waals surface area contributed by atoms with Gasteiger partial charge in [-0.3, -0.25) is 0 Å². The predicted molar refractivity (Wildman–Crippen MR) is 221 cm³/mol. The molecule has 0 N–H and O–H groups in total. The fraction of sp³-hybridized carbons (Fsp3) is 0.294. The summed E-state index contributed by atoms with van der Waals surface area (Å²) in [6.45, 7) is 16.3. The molecule has 1 nitrogen and oxygen atoms in total. The molecule has 0 saturated heterocycles. The lowest BCUT2D eigenvalue weighted by Crippen LogP contribution is -2.51. The average molecular weight is 678 g/mol. The van der Waals surface area contributed by atoms with Crippen LogP contribution in [0.4, 0.5) is 11.4 Å². The molecule has 1 heteroatoms. The Labute approximate surface area is 311 Å². The molecule has 0 atom stereocenters. The lowest BCUT2D eigenvalue weighted by atomic mass is 9.48. The van der Waals surface area contributed by atoms with Gasteiger partial charge in [0.15, 0.2) is 0 Å². The monoisotopic (exact) mass is 677 g/mol. The molecule has 0 heterocycles. The summed E-state index contributed by atoms with van der Waals surface area (Å²) in [4.78, 5) is 2.53. The molecule has 5 aromatic carbocycles. The van der Waals surface area contributed by atoms with E-state index < -0.39 is 0 Å². The minimum atomic E-state index is -0.0492. The number of hydrogen-bond donors (Lipinski definition) is 0. The van der Waals surface area contributed by atoms with Crippen molar-refractivity contribution in [1.82, 2.24) is 0 Å². The summed E-state index contributed by atoms with van der Waals surface area (Å²) in [6.07, 6.45) is 11.7. The molecule has 2 bridgehead atoms. The lowest BCUT2D eigenvalue weighted by molar-refractivity contribution is 0.0299. The fourth-order valence-electron chi connectivity index (χ4n) is 11.5. The topological polar surface area (TPSA) is 3.24 Å². The van der Waals surface area contributed by atoms with Crippen molar-refractivity contribution in [3.05, 3.63) is 174 Å². The van der Waals surface area contributed by atoms with Gasteiger partial charge < -0.3 is 4.90 Å². The third kappa shape index (κ3) is 4.74. The molecule has 0 aromatic heterocycles. The third-order valence-corrected chi connectivity index (χ3v) is 13.4. The van der Waals surface area contributed by atoms with Gasteiger partial charge in [0.05, 0.1) is 5.70 Å². The highest BCUT2D eigenvalue weighted by Gasteiger charge is 2.58. The van der Waals surface area contributed by atoms with Crippen molar-refractivity contribution in [3.8, 4) is 22.3 Å². The standard InChI is InChI=1S/C51H51N/c1-7-16-49(40(8-2)35-17-10-9-11-18-35)52(38-24-26-46-44(31-38)42-20-12-14-21-45(42)50(46,5)6)39-23-25-43-41-19-13-15-22-47(41)51(48(43)32-39)36-27-33(3)28-37(51)30-34(4)29-36/h7-26,31-34,36-37H,2,27-30H2,1,3-6H3/b16-7-,49-40-. The average Bonchev–Trinajstić information content (AvgIpc) is 3.56. The first-order chi connectivity index (χ1) is 25.3. The van der Waals surface area contributed by atoms with Crippen LogP contribution in [0.15, 0.2) is 146 Å². The summed E-state index contributed by atoms with van der Waals surface area (Å²) in [5, 5.41) is 0. The van der Waals surface area contributed by atoms with Crippen LogP contribution in [0.2, 0.25) is 0 Å². The van der Waals surface area contributed by atoms with Crippen LogP contribution in [0.1, 0.15) is 88.1 Å². The zero-order valence-corrected chi connectivity index (χ0v) is 31.5. The molecular weight excluding hydrogens is 627 g/mol. The first-order valence-corrected chi connectivity index (χ1v) is 19.6. The van der Waals surface area contributed by atoms with Crippen LogP contribution in [-0.4, -0.2) is 0 Å². The Hall–Kier alpha value is -4.88. The van der Waals surface area contributed by atoms with Crippen molar-refractivity contribution in [1.29, 1.82) is 0 Å². The van der Waals surface area contributed by atoms with Crippen LogP contribution in [0.5, 0.6) is 0 Å². The van der Waals surface area contributed by atoms with Crippen molar-refractivity contribution in [3.63, 3.8) is 0 Å². The quantitative estimate of drug-likeness (QED) is 0.162. The van der Waals surface area contributed by atoms with E-state index in [4.69, 9.17) is 0 Å². The maximum absolute atomic E-state index is 4.40. The second-order valence-corrected chi connectivity index (χ2v) is 16.8. The molecule has 4 aliphatic rings. The lowest BCUT2D eigenvalue weighted by Gasteiger charge is -2.56. The van der Waals surface area contributed by atoms with Crippen molar-refractivity contribution >= 4 is 16.9 Å². The Kier molecular flexibility index (Phi) is 7.85. The van der Waals surface area contributed by atoms with E-state index in [2.05, 4.69) is 174 Å². The summed E-state index contributed by atoms with van der Waals surface area (Å²) in [5.74, 6) is 2.84. The van der Waals surface area contributed by atoms with Crippen molar-refractivity contribution < 1.29 is 0 Å². The molecule has 5 aromatic rings. The number of fused-ring (bicyclic) bond motifs is 6. The summed E-state index contributed by atoms with van der Waals surface area (Å²) in [6, 6.07) is 43.8. The number of allylic oxidation sites excluding steroid dienone is 4. The van der Waals surface area contributed by atoms with Gasteiger partial charge in [-0.2, -0.15) is 0 Å². The number of anilines is 2. The molecule has 2 fully saturated rings. The summed E-state index contributed by atoms with van der Waals surface area (Å²) < 4.78 is 0. The van der Waals surface area contributed by atoms with E-state index in [0.29, 0.717) is 11.8 Å². The molecule has 0 radical (unpaired) electrons. The van der Waals surface area contributed by atoms with Gasteiger partial charge in [-0.25, -0.2) is 0 Å². The Morgan fingerprint density at radius 2 is 1.15 bits per heavy atom. The molecule has 4 aliphatic carbocycles. The molecule has 52 heavy (non-hydrogen) atoms. The fourth-order valence-corrected chi connectivity index (χ4v) is 11.5. The summed E-state index contributed by atoms with van der Waals surface area (Å²) in [7, 11) is 0. The van der Waals surface area contributed by atoms with Crippen LogP contribution in [0.3, 0.4) is 0 Å². The highest BCUT2D eigenvalue weighted by Crippen LogP contribution is 2.66. The summed E-state index contributed by atoms with van der Waals surface area (Å²) >= 11 is 0. The van der Waals surface area contributed by atoms with Crippen molar-refractivity contribution in [2.75, 3.05) is 4.90 Å². The van der Waals surface area contributed by atoms with E-state index in [1.165, 1.54) is 70.4 Å². The molecule has 0 aliphatic heterocycles. The Morgan fingerprint density at radius 3 is 1.81 bits per heavy atom. The van der Waals surface area contributed by atoms with E-state index in [1.807, 2.05) is 6.08 Å². The Morgan fingerprint density at radius 1 is 0.615 bits per heavy atom. The number of benzene rings is 5. The highest BCUT2D eigenvalue weighted by molar-refractivity contribution is 5.91. The van der Waals surface area contributed by atoms with E-state index in [-0.39, 0.29) is 10.8 Å². The van der Waals surface area contributed by atoms with Gasteiger partial charge in [0.25, 0.3) is 0 Å². The summed E-state index contributed by atoms with van der Waals surface area (Å²) in [5.41, 5.74) is 17.3. The molecule has 2 saturated carbocycles. The van der Waals surface area contributed by atoms with Crippen LogP contribution < -0.4 is 4.90 Å². The van der Waals surface area contributed by atoms with Crippen molar-refractivity contribution in [2.24, 2.45) is 23.7 Å². The predicted octanol–water partition coefficient (Wildman–Crippen LogP) is 13.7. The van der Waals surface area contributed by atoms with Gasteiger partial charge in [0.1, 0.15) is 0 Å². The molecular formula is C51H51N. The highest BCUT2D eigenvalue weighted by atomic mass is 15.1. The van der Waals surface area contributed by atoms with Crippen LogP contribution in [0, 0.1) is 23.7 Å². The molecule has 1 spiro atoms. The number of nitrogens with zero attached hydrogens (tertiary/aromatic N) is 1. The van der Waals surface area contributed by atoms with E-state index in [1.54, 1.807) is 11.1 Å². The van der Waals surface area contributed by atoms with Crippen LogP contribution >= 0.6 is 0 Å². The van der Waals surface area contributed by atoms with E-state index in [0.717, 1.165) is 28.7 Å². The second-order valence-electron chi connectivity index (χ2n) is 16.8. The van der Waals surface area contributed by atoms with Crippen LogP contribution in [0.25, 0.3) is 27.8 Å². The molecule has 260 valence electrons. The van der Waals surface area contributed by atoms with E-state index >= 15 is 0 Å². The Balaban J connectivity index is 1.32. The van der Waals surface area contributed by atoms with Gasteiger partial charge in [0.2, 0.25) is 0 Å². The first-order valence-electron chi connectivity index (χ1n) is 19.6. The van der Waals surface area contributed by atoms with Gasteiger partial charge in [0, 0.05) is 27.8 Å². The van der Waals surface area contributed by atoms with E-state index in [9.17, 15) is 0 Å². The van der Waals surface area contributed by atoms with Crippen LogP contribution in [-0.2, 0) is 10.8 Å². The minimum absolute atomic E-state index is 0.0492. The first kappa shape index (κ1) is 33.0. The number of hydrogen-bond acceptors (Lipinski definition) is 1. The molecule has 9 rings (SSSR count). The normalized spacial score (nSPS) is 25.2. The zero-order chi connectivity index (χ0) is 35.8. The maximum Gasteiger partial charge on any atom is 0.0536 e. The smallest absolute Gasteiger partial charge is 0.0536 e. The van der Waals surface area contributed by atoms with Gasteiger partial charge in [-0.05, 0) is 137 Å². The molecule has 0 unspecified atom stereocenters. The molecule has 0 amide bonds. The number of rotatable bonds is 6. The van der Waals surface area contributed by atoms with Gasteiger partial charge in [-0.15, -0.1) is 0 Å². The Bertz CT molecular complexity index is 2230. The maximum atomic E-state index is 4.40. The minimum Gasteiger partial charge on any atom is -0.310 e. The SMILES string of the molecule is C=C/C(=C(\C=C/C)N(c1ccc2c(c1)-c1ccccc1C2(C)C)c1ccc2c(c1)C1(c3ccccc3-2)C2CC(C)CC1CC(C)C2)c1ccccc1. The zero-order valence-electron chi connectivity index (χ0n) is 31.5. The second kappa shape index (κ2) is 12.4.